The van der Waals surface area contributed by atoms with Crippen LogP contribution in [0.4, 0.5) is 0 Å². The third kappa shape index (κ3) is 3.43. The van der Waals surface area contributed by atoms with Gasteiger partial charge in [0.15, 0.2) is 0 Å². The van der Waals surface area contributed by atoms with Crippen molar-refractivity contribution in [3.8, 4) is 0 Å². The van der Waals surface area contributed by atoms with Crippen LogP contribution in [0.15, 0.2) is 22.6 Å². The number of nitrogens with one attached hydrogen (secondary N) is 1. The summed E-state index contributed by atoms with van der Waals surface area (Å²) in [5, 5.41) is 4.69. The van der Waals surface area contributed by atoms with Crippen LogP contribution in [0.2, 0.25) is 0 Å². The minimum absolute atomic E-state index is 0.0941. The lowest BCUT2D eigenvalue weighted by atomic mass is 9.85. The summed E-state index contributed by atoms with van der Waals surface area (Å²) in [4.78, 5) is 0. The number of furan rings is 1. The van der Waals surface area contributed by atoms with Gasteiger partial charge in [0.1, 0.15) is 11.3 Å². The highest BCUT2D eigenvalue weighted by atomic mass is 16.3. The highest BCUT2D eigenvalue weighted by molar-refractivity contribution is 5.83. The van der Waals surface area contributed by atoms with E-state index in [2.05, 4.69) is 72.0 Å². The zero-order chi connectivity index (χ0) is 15.1. The minimum atomic E-state index is 0.0941. The highest BCUT2D eigenvalue weighted by Gasteiger charge is 2.20. The Labute approximate surface area is 122 Å². The van der Waals surface area contributed by atoms with Crippen molar-refractivity contribution in [2.24, 2.45) is 0 Å². The van der Waals surface area contributed by atoms with E-state index >= 15 is 0 Å². The van der Waals surface area contributed by atoms with Gasteiger partial charge >= 0.3 is 0 Å². The molecule has 0 atom stereocenters. The van der Waals surface area contributed by atoms with Gasteiger partial charge in [-0.05, 0) is 50.8 Å². The molecule has 0 aliphatic rings. The first kappa shape index (κ1) is 15.1. The molecule has 1 aromatic heterocycles. The van der Waals surface area contributed by atoms with Crippen LogP contribution in [-0.2, 0) is 12.0 Å². The first-order valence-corrected chi connectivity index (χ1v) is 7.35. The second-order valence-corrected chi connectivity index (χ2v) is 7.80. The Hall–Kier alpha value is -1.28. The van der Waals surface area contributed by atoms with Crippen molar-refractivity contribution < 1.29 is 4.42 Å². The van der Waals surface area contributed by atoms with Crippen molar-refractivity contribution in [1.29, 1.82) is 0 Å². The number of fused-ring (bicyclic) bond motifs is 1. The molecule has 0 radical (unpaired) electrons. The fourth-order valence-electron chi connectivity index (χ4n) is 2.35. The van der Waals surface area contributed by atoms with Crippen molar-refractivity contribution >= 4 is 11.0 Å². The van der Waals surface area contributed by atoms with Crippen molar-refractivity contribution in [2.45, 2.75) is 66.0 Å². The van der Waals surface area contributed by atoms with E-state index in [-0.39, 0.29) is 11.0 Å². The van der Waals surface area contributed by atoms with Crippen LogP contribution in [0.5, 0.6) is 0 Å². The Kier molecular flexibility index (Phi) is 3.72. The van der Waals surface area contributed by atoms with Crippen LogP contribution in [0, 0.1) is 6.92 Å². The zero-order valence-electron chi connectivity index (χ0n) is 13.8. The highest BCUT2D eigenvalue weighted by Crippen LogP contribution is 2.33. The maximum absolute atomic E-state index is 6.11. The third-order valence-electron chi connectivity index (χ3n) is 3.41. The molecule has 0 amide bonds. The molecule has 1 N–H and O–H groups in total. The van der Waals surface area contributed by atoms with Gasteiger partial charge in [0.05, 0.1) is 6.54 Å². The number of rotatable bonds is 2. The molecule has 0 saturated carbocycles. The second-order valence-electron chi connectivity index (χ2n) is 7.80. The van der Waals surface area contributed by atoms with Crippen LogP contribution in [0.1, 0.15) is 58.4 Å². The lowest BCUT2D eigenvalue weighted by Gasteiger charge is -2.20. The van der Waals surface area contributed by atoms with E-state index in [1.807, 2.05) is 0 Å². The molecule has 20 heavy (non-hydrogen) atoms. The van der Waals surface area contributed by atoms with E-state index in [1.54, 1.807) is 0 Å². The molecule has 0 saturated heterocycles. The van der Waals surface area contributed by atoms with Crippen molar-refractivity contribution in [3.05, 3.63) is 35.1 Å². The van der Waals surface area contributed by atoms with Gasteiger partial charge in [-0.3, -0.25) is 0 Å². The van der Waals surface area contributed by atoms with E-state index in [1.165, 1.54) is 16.5 Å². The first-order valence-electron chi connectivity index (χ1n) is 7.35. The Bertz CT molecular complexity index is 609. The topological polar surface area (TPSA) is 25.2 Å². The summed E-state index contributed by atoms with van der Waals surface area (Å²) in [5.41, 5.74) is 3.81. The maximum Gasteiger partial charge on any atom is 0.138 e. The number of hydrogen-bond acceptors (Lipinski definition) is 2. The van der Waals surface area contributed by atoms with Gasteiger partial charge in [0, 0.05) is 16.5 Å². The molecule has 110 valence electrons. The molecule has 0 unspecified atom stereocenters. The fraction of sp³-hybridized carbons (Fsp3) is 0.556. The van der Waals surface area contributed by atoms with Crippen LogP contribution < -0.4 is 5.32 Å². The van der Waals surface area contributed by atoms with Crippen molar-refractivity contribution in [3.63, 3.8) is 0 Å². The predicted molar refractivity (Wildman–Crippen MR) is 86.2 cm³/mol. The standard InChI is InChI=1S/C18H27NO/c1-12-8-13-10-14(11-19-18(5,6)7)20-16(13)15(9-12)17(2,3)4/h8-10,19H,11H2,1-7H3. The molecule has 1 heterocycles. The predicted octanol–water partition coefficient (Wildman–Crippen LogP) is 4.93. The van der Waals surface area contributed by atoms with Gasteiger partial charge < -0.3 is 9.73 Å². The normalized spacial score (nSPS) is 13.2. The Morgan fingerprint density at radius 1 is 1.00 bits per heavy atom. The van der Waals surface area contributed by atoms with E-state index in [0.717, 1.165) is 17.9 Å². The molecular formula is C18H27NO. The van der Waals surface area contributed by atoms with Gasteiger partial charge in [0.25, 0.3) is 0 Å². The lowest BCUT2D eigenvalue weighted by Crippen LogP contribution is -2.34. The van der Waals surface area contributed by atoms with Gasteiger partial charge in [-0.1, -0.05) is 26.8 Å². The second kappa shape index (κ2) is 4.92. The quantitative estimate of drug-likeness (QED) is 0.839. The smallest absolute Gasteiger partial charge is 0.138 e. The SMILES string of the molecule is Cc1cc(C(C)(C)C)c2oc(CNC(C)(C)C)cc2c1. The number of benzene rings is 1. The van der Waals surface area contributed by atoms with Crippen LogP contribution in [0.3, 0.4) is 0 Å². The monoisotopic (exact) mass is 273 g/mol. The van der Waals surface area contributed by atoms with E-state index < -0.39 is 0 Å². The maximum atomic E-state index is 6.11. The van der Waals surface area contributed by atoms with E-state index in [4.69, 9.17) is 4.42 Å². The largest absolute Gasteiger partial charge is 0.459 e. The van der Waals surface area contributed by atoms with Crippen LogP contribution >= 0.6 is 0 Å². The first-order chi connectivity index (χ1) is 9.06. The molecule has 2 heteroatoms. The average Bonchev–Trinajstić information content (AvgIpc) is 2.65. The molecule has 0 aliphatic carbocycles. The summed E-state index contributed by atoms with van der Waals surface area (Å²) in [6, 6.07) is 6.61. The molecule has 2 rings (SSSR count). The van der Waals surface area contributed by atoms with Crippen LogP contribution in [0.25, 0.3) is 11.0 Å². The number of hydrogen-bond donors (Lipinski definition) is 1. The molecular weight excluding hydrogens is 246 g/mol. The minimum Gasteiger partial charge on any atom is -0.459 e. The number of aryl methyl sites for hydroxylation is 1. The zero-order valence-corrected chi connectivity index (χ0v) is 13.8. The molecule has 0 bridgehead atoms. The average molecular weight is 273 g/mol. The molecule has 0 fully saturated rings. The fourth-order valence-corrected chi connectivity index (χ4v) is 2.35. The summed E-state index contributed by atoms with van der Waals surface area (Å²) in [6.45, 7) is 16.1. The summed E-state index contributed by atoms with van der Waals surface area (Å²) < 4.78 is 6.11. The van der Waals surface area contributed by atoms with E-state index in [0.29, 0.717) is 0 Å². The third-order valence-corrected chi connectivity index (χ3v) is 3.41. The van der Waals surface area contributed by atoms with Gasteiger partial charge in [0.2, 0.25) is 0 Å². The Morgan fingerprint density at radius 2 is 1.65 bits per heavy atom. The lowest BCUT2D eigenvalue weighted by molar-refractivity contribution is 0.394. The summed E-state index contributed by atoms with van der Waals surface area (Å²) in [7, 11) is 0. The molecule has 2 nitrogen and oxygen atoms in total. The van der Waals surface area contributed by atoms with Gasteiger partial charge in [-0.15, -0.1) is 0 Å². The molecule has 2 aromatic rings. The van der Waals surface area contributed by atoms with Gasteiger partial charge in [-0.25, -0.2) is 0 Å². The van der Waals surface area contributed by atoms with E-state index in [9.17, 15) is 0 Å². The molecule has 1 aromatic carbocycles. The summed E-state index contributed by atoms with van der Waals surface area (Å²) in [5.74, 6) is 1.01. The summed E-state index contributed by atoms with van der Waals surface area (Å²) >= 11 is 0. The Balaban J connectivity index is 2.43. The Morgan fingerprint density at radius 3 is 2.20 bits per heavy atom. The van der Waals surface area contributed by atoms with Crippen molar-refractivity contribution in [1.82, 2.24) is 5.32 Å². The molecule has 0 aliphatic heterocycles. The molecule has 0 spiro atoms. The van der Waals surface area contributed by atoms with Gasteiger partial charge in [-0.2, -0.15) is 0 Å². The van der Waals surface area contributed by atoms with Crippen molar-refractivity contribution in [2.75, 3.05) is 0 Å². The van der Waals surface area contributed by atoms with Crippen LogP contribution in [-0.4, -0.2) is 5.54 Å². The summed E-state index contributed by atoms with van der Waals surface area (Å²) in [6.07, 6.45) is 0.